The van der Waals surface area contributed by atoms with E-state index in [4.69, 9.17) is 30.8 Å². The van der Waals surface area contributed by atoms with Gasteiger partial charge in [-0.05, 0) is 81.6 Å². The quantitative estimate of drug-likeness (QED) is 0.171. The number of rotatable bonds is 6. The van der Waals surface area contributed by atoms with Crippen molar-refractivity contribution in [3.8, 4) is 33.4 Å². The van der Waals surface area contributed by atoms with E-state index >= 15 is 0 Å². The van der Waals surface area contributed by atoms with Crippen LogP contribution < -0.4 is 4.90 Å². The van der Waals surface area contributed by atoms with Crippen molar-refractivity contribution >= 4 is 71.7 Å². The van der Waals surface area contributed by atoms with Gasteiger partial charge < -0.3 is 13.7 Å². The molecule has 0 bridgehead atoms. The van der Waals surface area contributed by atoms with Gasteiger partial charge in [-0.2, -0.15) is 0 Å². The minimum Gasteiger partial charge on any atom is -0.455 e. The number of furan rings is 2. The van der Waals surface area contributed by atoms with Crippen LogP contribution in [0, 0.1) is 0 Å². The minimum absolute atomic E-state index is 0.00258. The van der Waals surface area contributed by atoms with Gasteiger partial charge in [0.05, 0.1) is 45.3 Å². The fourth-order valence-corrected chi connectivity index (χ4v) is 6.73. The number of para-hydroxylation sites is 2. The highest BCUT2D eigenvalue weighted by atomic mass is 16.3. The van der Waals surface area contributed by atoms with E-state index in [1.165, 1.54) is 24.3 Å². The van der Waals surface area contributed by atoms with Crippen LogP contribution >= 0.6 is 0 Å². The van der Waals surface area contributed by atoms with Gasteiger partial charge in [0.15, 0.2) is 0 Å². The Morgan fingerprint density at radius 1 is 0.382 bits per heavy atom. The molecule has 0 saturated heterocycles. The SMILES string of the molecule is [2H]c1c([2H])c([2H])c(-c2c([2H])c([2H])c(N(c3c([2H])c([2H])c(-c4c([2H])c([2H])c([2H])c([2H])c4[2H])c([2H])c3[2H])c3cccc4oc5c6ccccc6c(-c6c([2H])c([2H])c([2H])c7c6oc6c([2H])c([2H])c([2H])c([2H])c67)cc5c34)c([2H])c2[2H])c([2H])c1[2H]. The first-order chi connectivity index (χ1) is 37.7. The van der Waals surface area contributed by atoms with Gasteiger partial charge in [-0.15, -0.1) is 0 Å². The van der Waals surface area contributed by atoms with Gasteiger partial charge in [0, 0.05) is 38.5 Å². The highest BCUT2D eigenvalue weighted by Crippen LogP contribution is 2.48. The summed E-state index contributed by atoms with van der Waals surface area (Å²) in [6, 6.07) is -8.18. The zero-order valence-electron chi connectivity index (χ0n) is 52.9. The molecule has 0 aliphatic rings. The molecular weight excluding hydrogens is 671 g/mol. The van der Waals surface area contributed by atoms with Crippen LogP contribution in [0.4, 0.5) is 17.1 Å². The summed E-state index contributed by atoms with van der Waals surface area (Å²) in [4.78, 5) is 0.873. The summed E-state index contributed by atoms with van der Waals surface area (Å²) in [7, 11) is 0. The van der Waals surface area contributed by atoms with Crippen molar-refractivity contribution in [1.82, 2.24) is 0 Å². The number of benzene rings is 9. The van der Waals surface area contributed by atoms with Crippen LogP contribution in [-0.2, 0) is 0 Å². The predicted molar refractivity (Wildman–Crippen MR) is 229 cm³/mol. The second-order valence-corrected chi connectivity index (χ2v) is 12.1. The molecule has 11 aromatic rings. The number of anilines is 3. The average molecular weight is 729 g/mol. The first kappa shape index (κ1) is 15.2. The molecule has 0 saturated carbocycles. The third-order valence-electron chi connectivity index (χ3n) is 9.10. The van der Waals surface area contributed by atoms with E-state index in [1.54, 1.807) is 24.3 Å². The summed E-state index contributed by atoms with van der Waals surface area (Å²) in [6.45, 7) is 0. The summed E-state index contributed by atoms with van der Waals surface area (Å²) in [6.07, 6.45) is 0. The van der Waals surface area contributed by atoms with Gasteiger partial charge in [-0.1, -0.05) is 151 Å². The zero-order valence-corrected chi connectivity index (χ0v) is 27.9. The van der Waals surface area contributed by atoms with E-state index < -0.39 is 185 Å². The highest BCUT2D eigenvalue weighted by molar-refractivity contribution is 6.24. The van der Waals surface area contributed by atoms with Crippen LogP contribution in [0.1, 0.15) is 34.3 Å². The average Bonchev–Trinajstić information content (AvgIpc) is 4.06. The lowest BCUT2D eigenvalue weighted by Gasteiger charge is -2.26. The Balaban J connectivity index is 1.30. The molecule has 258 valence electrons. The summed E-state index contributed by atoms with van der Waals surface area (Å²) in [5.41, 5.74) is -5.14. The fraction of sp³-hybridized carbons (Fsp3) is 0. The van der Waals surface area contributed by atoms with E-state index in [0.29, 0.717) is 10.8 Å². The third kappa shape index (κ3) is 5.13. The molecule has 3 heteroatoms. The van der Waals surface area contributed by atoms with E-state index in [-0.39, 0.29) is 60.7 Å². The van der Waals surface area contributed by atoms with Crippen LogP contribution in [0.2, 0.25) is 0 Å². The summed E-state index contributed by atoms with van der Waals surface area (Å²) in [5, 5.41) is 0.404. The molecule has 0 unspecified atom stereocenters. The molecule has 0 radical (unpaired) electrons. The second kappa shape index (κ2) is 12.6. The Kier molecular flexibility index (Phi) is 3.49. The smallest absolute Gasteiger partial charge is 0.143 e. The Morgan fingerprint density at radius 3 is 1.65 bits per heavy atom. The molecule has 0 fully saturated rings. The Hall–Kier alpha value is -7.36. The monoisotopic (exact) mass is 728 g/mol. The van der Waals surface area contributed by atoms with E-state index in [1.807, 2.05) is 0 Å². The summed E-state index contributed by atoms with van der Waals surface area (Å²) < 4.78 is 235. The van der Waals surface area contributed by atoms with Crippen LogP contribution in [0.15, 0.2) is 208 Å². The highest BCUT2D eigenvalue weighted by Gasteiger charge is 2.23. The van der Waals surface area contributed by atoms with Crippen LogP contribution in [-0.4, -0.2) is 0 Å². The topological polar surface area (TPSA) is 29.5 Å². The largest absolute Gasteiger partial charge is 0.455 e. The van der Waals surface area contributed by atoms with Gasteiger partial charge in [0.2, 0.25) is 0 Å². The molecule has 11 rings (SSSR count). The molecule has 2 aromatic heterocycles. The summed E-state index contributed by atoms with van der Waals surface area (Å²) in [5.74, 6) is 0. The molecule has 0 aliphatic heterocycles. The van der Waals surface area contributed by atoms with Gasteiger partial charge in [0.1, 0.15) is 22.3 Å². The Bertz CT molecular complexity index is 4430. The maximum absolute atomic E-state index is 9.67. The van der Waals surface area contributed by atoms with Crippen molar-refractivity contribution in [3.05, 3.63) is 200 Å². The molecule has 55 heavy (non-hydrogen) atoms. The van der Waals surface area contributed by atoms with Gasteiger partial charge in [-0.25, -0.2) is 0 Å². The lowest BCUT2D eigenvalue weighted by molar-refractivity contribution is 0.670. The third-order valence-corrected chi connectivity index (χ3v) is 9.10. The van der Waals surface area contributed by atoms with Crippen LogP contribution in [0.3, 0.4) is 0 Å². The van der Waals surface area contributed by atoms with Crippen molar-refractivity contribution < 1.29 is 43.1 Å². The predicted octanol–water partition coefficient (Wildman–Crippen LogP) is 15.1. The molecule has 0 aliphatic carbocycles. The Labute approximate surface area is 353 Å². The molecule has 0 spiro atoms. The number of fused-ring (bicyclic) bond motifs is 8. The molecule has 0 amide bonds. The first-order valence-corrected chi connectivity index (χ1v) is 16.6. The van der Waals surface area contributed by atoms with E-state index in [0.717, 1.165) is 4.90 Å². The van der Waals surface area contributed by atoms with E-state index in [2.05, 4.69) is 0 Å². The second-order valence-electron chi connectivity index (χ2n) is 12.1. The standard InChI is InChI=1S/C52H33NO2/c1-3-13-34(14-4-1)36-25-29-38(30-26-36)53(39-31-27-37(28-32-39)35-15-5-2-6-16-35)47-22-12-24-49-50(47)46-33-45(40-17-7-8-19-42(40)52(46)55-49)44-21-11-20-43-41-18-9-10-23-48(41)54-51(43)44/h1-33H/i1D,2D,3D,4D,5D,6D,9D,10D,11D,13D,14D,15D,16D,18D,20D,21D,23D,25D,26D,27D,28D,29D,30D,31D,32D. The molecule has 3 nitrogen and oxygen atoms in total. The fourth-order valence-electron chi connectivity index (χ4n) is 6.73. The van der Waals surface area contributed by atoms with Crippen molar-refractivity contribution in [2.75, 3.05) is 4.90 Å². The maximum atomic E-state index is 9.67. The van der Waals surface area contributed by atoms with Gasteiger partial charge in [0.25, 0.3) is 0 Å². The lowest BCUT2D eigenvalue weighted by Crippen LogP contribution is -2.10. The summed E-state index contributed by atoms with van der Waals surface area (Å²) >= 11 is 0. The maximum Gasteiger partial charge on any atom is 0.143 e. The molecule has 2 heterocycles. The van der Waals surface area contributed by atoms with Crippen molar-refractivity contribution in [3.63, 3.8) is 0 Å². The van der Waals surface area contributed by atoms with Gasteiger partial charge in [-0.3, -0.25) is 0 Å². The molecule has 0 atom stereocenters. The van der Waals surface area contributed by atoms with Crippen molar-refractivity contribution in [1.29, 1.82) is 0 Å². The van der Waals surface area contributed by atoms with E-state index in [9.17, 15) is 12.3 Å². The van der Waals surface area contributed by atoms with Crippen molar-refractivity contribution in [2.24, 2.45) is 0 Å². The number of hydrogen-bond donors (Lipinski definition) is 0. The Morgan fingerprint density at radius 2 is 0.964 bits per heavy atom. The molecular formula is C52H33NO2. The number of hydrogen-bond acceptors (Lipinski definition) is 3. The zero-order chi connectivity index (χ0) is 58.1. The minimum atomic E-state index is -0.992. The number of nitrogens with zero attached hydrogens (tertiary/aromatic N) is 1. The molecule has 9 aromatic carbocycles. The van der Waals surface area contributed by atoms with Crippen LogP contribution in [0.25, 0.3) is 88.0 Å². The first-order valence-electron chi connectivity index (χ1n) is 29.1. The van der Waals surface area contributed by atoms with Gasteiger partial charge >= 0.3 is 0 Å². The van der Waals surface area contributed by atoms with Crippen LogP contribution in [0.5, 0.6) is 0 Å². The normalized spacial score (nSPS) is 18.0. The lowest BCUT2D eigenvalue weighted by atomic mass is 9.94. The van der Waals surface area contributed by atoms with Crippen molar-refractivity contribution in [2.45, 2.75) is 0 Å². The molecule has 0 N–H and O–H groups in total.